The van der Waals surface area contributed by atoms with Gasteiger partial charge in [0.2, 0.25) is 0 Å². The van der Waals surface area contributed by atoms with Gasteiger partial charge < -0.3 is 19.5 Å². The fraction of sp³-hybridized carbons (Fsp3) is 0.217. The van der Waals surface area contributed by atoms with Crippen LogP contribution in [0.5, 0.6) is 17.2 Å². The molecule has 0 aliphatic carbocycles. The Balaban J connectivity index is 1.72. The quantitative estimate of drug-likeness (QED) is 0.373. The predicted molar refractivity (Wildman–Crippen MR) is 121 cm³/mol. The minimum atomic E-state index is 0.413. The molecule has 0 aliphatic rings. The summed E-state index contributed by atoms with van der Waals surface area (Å²) in [5.74, 6) is 2.23. The van der Waals surface area contributed by atoms with E-state index in [1.165, 1.54) is 0 Å². The summed E-state index contributed by atoms with van der Waals surface area (Å²) in [5.41, 5.74) is 3.08. The molecular weight excluding hydrogens is 454 g/mol. The highest BCUT2D eigenvalue weighted by atomic mass is 79.9. The monoisotopic (exact) mass is 475 g/mol. The summed E-state index contributed by atoms with van der Waals surface area (Å²) < 4.78 is 18.0. The number of nitrogens with one attached hydrogen (secondary N) is 1. The Hall–Kier alpha value is -2.37. The zero-order valence-electron chi connectivity index (χ0n) is 16.4. The van der Waals surface area contributed by atoms with E-state index >= 15 is 0 Å². The van der Waals surface area contributed by atoms with Gasteiger partial charge in [-0.05, 0) is 66.6 Å². The fourth-order valence-corrected chi connectivity index (χ4v) is 3.46. The molecule has 0 unspecified atom stereocenters. The normalized spacial score (nSPS) is 10.5. The lowest BCUT2D eigenvalue weighted by Gasteiger charge is -2.16. The molecule has 3 rings (SSSR count). The van der Waals surface area contributed by atoms with Crippen molar-refractivity contribution in [2.24, 2.45) is 0 Å². The summed E-state index contributed by atoms with van der Waals surface area (Å²) in [5, 5.41) is 4.10. The van der Waals surface area contributed by atoms with Gasteiger partial charge in [0.05, 0.1) is 13.7 Å². The van der Waals surface area contributed by atoms with Crippen LogP contribution >= 0.6 is 27.5 Å². The van der Waals surface area contributed by atoms with Crippen LogP contribution in [-0.4, -0.2) is 13.7 Å². The lowest BCUT2D eigenvalue weighted by Crippen LogP contribution is -2.04. The van der Waals surface area contributed by atoms with E-state index in [0.717, 1.165) is 27.0 Å². The summed E-state index contributed by atoms with van der Waals surface area (Å²) in [6.45, 7) is 3.57. The number of anilines is 1. The average molecular weight is 477 g/mol. The van der Waals surface area contributed by atoms with Gasteiger partial charge in [0, 0.05) is 21.7 Å². The topological polar surface area (TPSA) is 39.7 Å². The van der Waals surface area contributed by atoms with Crippen molar-refractivity contribution in [3.05, 3.63) is 81.3 Å². The highest BCUT2D eigenvalue weighted by molar-refractivity contribution is 9.10. The first-order valence-corrected chi connectivity index (χ1v) is 10.5. The fourth-order valence-electron chi connectivity index (χ4n) is 2.79. The molecule has 0 fully saturated rings. The molecule has 0 heterocycles. The number of rotatable bonds is 9. The van der Waals surface area contributed by atoms with E-state index in [1.54, 1.807) is 7.11 Å². The maximum absolute atomic E-state index is 6.05. The van der Waals surface area contributed by atoms with Crippen LogP contribution in [0.4, 0.5) is 5.69 Å². The van der Waals surface area contributed by atoms with Crippen molar-refractivity contribution in [2.75, 3.05) is 19.0 Å². The lowest BCUT2D eigenvalue weighted by atomic mass is 10.2. The highest BCUT2D eigenvalue weighted by Crippen LogP contribution is 2.35. The van der Waals surface area contributed by atoms with E-state index in [-0.39, 0.29) is 0 Å². The van der Waals surface area contributed by atoms with Crippen LogP contribution in [0.25, 0.3) is 0 Å². The summed E-state index contributed by atoms with van der Waals surface area (Å²) >= 11 is 9.70. The smallest absolute Gasteiger partial charge is 0.162 e. The number of methoxy groups -OCH3 is 1. The van der Waals surface area contributed by atoms with Crippen LogP contribution in [0.1, 0.15) is 18.1 Å². The zero-order valence-corrected chi connectivity index (χ0v) is 18.7. The third-order valence-corrected chi connectivity index (χ3v) is 5.24. The Morgan fingerprint density at radius 3 is 2.41 bits per heavy atom. The van der Waals surface area contributed by atoms with Crippen LogP contribution in [-0.2, 0) is 13.2 Å². The largest absolute Gasteiger partial charge is 0.497 e. The molecule has 1 N–H and O–H groups in total. The van der Waals surface area contributed by atoms with Gasteiger partial charge in [-0.3, -0.25) is 0 Å². The average Bonchev–Trinajstić information content (AvgIpc) is 2.73. The Bertz CT molecular complexity index is 947. The Labute approximate surface area is 184 Å². The van der Waals surface area contributed by atoms with Crippen molar-refractivity contribution >= 4 is 33.2 Å². The first kappa shape index (κ1) is 21.3. The molecule has 152 valence electrons. The Morgan fingerprint density at radius 2 is 1.72 bits per heavy atom. The first-order chi connectivity index (χ1) is 14.1. The molecule has 0 saturated carbocycles. The van der Waals surface area contributed by atoms with Gasteiger partial charge in [-0.15, -0.1) is 0 Å². The molecule has 0 bridgehead atoms. The van der Waals surface area contributed by atoms with Gasteiger partial charge in [-0.1, -0.05) is 39.7 Å². The highest BCUT2D eigenvalue weighted by Gasteiger charge is 2.12. The van der Waals surface area contributed by atoms with Crippen molar-refractivity contribution < 1.29 is 14.2 Å². The van der Waals surface area contributed by atoms with Crippen molar-refractivity contribution in [3.63, 3.8) is 0 Å². The Kier molecular flexibility index (Phi) is 7.67. The van der Waals surface area contributed by atoms with Crippen molar-refractivity contribution in [3.8, 4) is 17.2 Å². The van der Waals surface area contributed by atoms with E-state index in [2.05, 4.69) is 21.2 Å². The number of halogens is 2. The third-order valence-electron chi connectivity index (χ3n) is 4.27. The maximum Gasteiger partial charge on any atom is 0.162 e. The second-order valence-corrected chi connectivity index (χ2v) is 7.61. The van der Waals surface area contributed by atoms with Gasteiger partial charge in [-0.25, -0.2) is 0 Å². The maximum atomic E-state index is 6.05. The molecule has 6 heteroatoms. The van der Waals surface area contributed by atoms with E-state index in [1.807, 2.05) is 67.6 Å². The van der Waals surface area contributed by atoms with E-state index in [9.17, 15) is 0 Å². The standard InChI is InChI=1S/C23H23BrClNO3/c1-3-28-22-12-17(14-26-19-7-9-20(27-2)10-8-19)21(24)13-23(22)29-15-16-5-4-6-18(25)11-16/h4-13,26H,3,14-15H2,1-2H3. The van der Waals surface area contributed by atoms with Crippen LogP contribution in [0.3, 0.4) is 0 Å². The minimum Gasteiger partial charge on any atom is -0.497 e. The SMILES string of the molecule is CCOc1cc(CNc2ccc(OC)cc2)c(Br)cc1OCc1cccc(Cl)c1. The summed E-state index contributed by atoms with van der Waals surface area (Å²) in [4.78, 5) is 0. The molecule has 0 saturated heterocycles. The molecule has 0 radical (unpaired) electrons. The van der Waals surface area contributed by atoms with E-state index in [4.69, 9.17) is 25.8 Å². The first-order valence-electron chi connectivity index (χ1n) is 9.29. The van der Waals surface area contributed by atoms with Gasteiger partial charge in [0.15, 0.2) is 11.5 Å². The summed E-state index contributed by atoms with van der Waals surface area (Å²) in [6.07, 6.45) is 0. The van der Waals surface area contributed by atoms with Gasteiger partial charge in [0.1, 0.15) is 12.4 Å². The number of hydrogen-bond donors (Lipinski definition) is 1. The molecule has 0 amide bonds. The molecule has 0 atom stereocenters. The zero-order chi connectivity index (χ0) is 20.6. The number of ether oxygens (including phenoxy) is 3. The predicted octanol–water partition coefficient (Wildman–Crippen LogP) is 6.70. The molecule has 3 aromatic carbocycles. The Morgan fingerprint density at radius 1 is 0.966 bits per heavy atom. The summed E-state index contributed by atoms with van der Waals surface area (Å²) in [7, 11) is 1.66. The van der Waals surface area contributed by atoms with Crippen molar-refractivity contribution in [1.82, 2.24) is 0 Å². The van der Waals surface area contributed by atoms with Gasteiger partial charge in [0.25, 0.3) is 0 Å². The molecule has 3 aromatic rings. The van der Waals surface area contributed by atoms with Crippen LogP contribution in [0, 0.1) is 0 Å². The number of benzene rings is 3. The van der Waals surface area contributed by atoms with Crippen LogP contribution in [0.15, 0.2) is 65.1 Å². The second kappa shape index (κ2) is 10.4. The van der Waals surface area contributed by atoms with E-state index < -0.39 is 0 Å². The third kappa shape index (κ3) is 6.05. The molecule has 0 aromatic heterocycles. The van der Waals surface area contributed by atoms with Crippen molar-refractivity contribution in [1.29, 1.82) is 0 Å². The van der Waals surface area contributed by atoms with E-state index in [0.29, 0.717) is 36.3 Å². The van der Waals surface area contributed by atoms with Crippen LogP contribution < -0.4 is 19.5 Å². The molecular formula is C23H23BrClNO3. The second-order valence-electron chi connectivity index (χ2n) is 6.32. The molecule has 0 aliphatic heterocycles. The molecule has 29 heavy (non-hydrogen) atoms. The van der Waals surface area contributed by atoms with Crippen LogP contribution in [0.2, 0.25) is 5.02 Å². The lowest BCUT2D eigenvalue weighted by molar-refractivity contribution is 0.269. The minimum absolute atomic E-state index is 0.413. The van der Waals surface area contributed by atoms with Gasteiger partial charge >= 0.3 is 0 Å². The molecule has 0 spiro atoms. The molecule has 4 nitrogen and oxygen atoms in total. The number of hydrogen-bond acceptors (Lipinski definition) is 4. The van der Waals surface area contributed by atoms with Gasteiger partial charge in [-0.2, -0.15) is 0 Å². The summed E-state index contributed by atoms with van der Waals surface area (Å²) in [6, 6.07) is 19.4. The van der Waals surface area contributed by atoms with Crippen molar-refractivity contribution in [2.45, 2.75) is 20.1 Å².